The van der Waals surface area contributed by atoms with Crippen molar-refractivity contribution in [2.45, 2.75) is 39.7 Å². The summed E-state index contributed by atoms with van der Waals surface area (Å²) in [6.07, 6.45) is 2.78. The number of aromatic nitrogens is 2. The van der Waals surface area contributed by atoms with Crippen molar-refractivity contribution in [1.82, 2.24) is 9.78 Å². The van der Waals surface area contributed by atoms with Crippen molar-refractivity contribution in [2.75, 3.05) is 17.2 Å². The molecule has 34 heavy (non-hydrogen) atoms. The van der Waals surface area contributed by atoms with Crippen molar-refractivity contribution in [1.29, 1.82) is 0 Å². The number of carbonyl (C=O) groups is 2. The number of nitrogens with one attached hydrogen (secondary N) is 2. The van der Waals surface area contributed by atoms with Crippen LogP contribution in [-0.4, -0.2) is 28.1 Å². The van der Waals surface area contributed by atoms with Gasteiger partial charge in [-0.2, -0.15) is 5.10 Å². The molecule has 1 aromatic heterocycles. The third-order valence-electron chi connectivity index (χ3n) is 6.29. The van der Waals surface area contributed by atoms with Crippen LogP contribution in [0.15, 0.2) is 72.1 Å². The largest absolute Gasteiger partial charge is 0.494 e. The average Bonchev–Trinajstić information content (AvgIpc) is 3.22. The first-order valence-electron chi connectivity index (χ1n) is 11.6. The minimum Gasteiger partial charge on any atom is -0.494 e. The van der Waals surface area contributed by atoms with Gasteiger partial charge in [0.15, 0.2) is 5.78 Å². The Hall–Kier alpha value is -3.87. The summed E-state index contributed by atoms with van der Waals surface area (Å²) in [4.78, 5) is 26.5. The van der Waals surface area contributed by atoms with Gasteiger partial charge in [-0.25, -0.2) is 4.68 Å². The Bertz CT molecular complexity index is 1270. The van der Waals surface area contributed by atoms with Crippen molar-refractivity contribution in [3.8, 4) is 5.75 Å². The quantitative estimate of drug-likeness (QED) is 0.552. The molecule has 0 saturated carbocycles. The molecule has 0 bridgehead atoms. The van der Waals surface area contributed by atoms with Gasteiger partial charge >= 0.3 is 0 Å². The average molecular weight is 457 g/mol. The summed E-state index contributed by atoms with van der Waals surface area (Å²) in [5.41, 5.74) is 3.51. The van der Waals surface area contributed by atoms with Crippen LogP contribution in [0, 0.1) is 5.41 Å². The number of Topliss-reactive ketones (excluding diaryl/α,β-unsaturated/α-hetero) is 1. The normalized spacial score (nSPS) is 18.6. The lowest BCUT2D eigenvalue weighted by Crippen LogP contribution is -2.36. The molecule has 1 atom stereocenters. The van der Waals surface area contributed by atoms with E-state index < -0.39 is 0 Å². The third kappa shape index (κ3) is 3.98. The van der Waals surface area contributed by atoms with Crippen LogP contribution in [0.3, 0.4) is 0 Å². The molecule has 2 aromatic carbocycles. The van der Waals surface area contributed by atoms with Crippen molar-refractivity contribution in [3.63, 3.8) is 0 Å². The number of amides is 1. The fourth-order valence-electron chi connectivity index (χ4n) is 4.82. The van der Waals surface area contributed by atoms with E-state index >= 15 is 0 Å². The lowest BCUT2D eigenvalue weighted by Gasteiger charge is -2.39. The number of hydrogen-bond donors (Lipinski definition) is 2. The molecular formula is C27H28N4O3. The number of benzene rings is 2. The minimum absolute atomic E-state index is 0.120. The van der Waals surface area contributed by atoms with Gasteiger partial charge in [-0.05, 0) is 48.6 Å². The number of hydrogen-bond acceptors (Lipinski definition) is 5. The summed E-state index contributed by atoms with van der Waals surface area (Å²) >= 11 is 0. The van der Waals surface area contributed by atoms with E-state index in [9.17, 15) is 9.59 Å². The predicted octanol–water partition coefficient (Wildman–Crippen LogP) is 5.19. The molecule has 2 aliphatic rings. The topological polar surface area (TPSA) is 85.2 Å². The number of anilines is 2. The number of fused-ring (bicyclic) bond motifs is 1. The molecule has 7 heteroatoms. The summed E-state index contributed by atoms with van der Waals surface area (Å²) < 4.78 is 7.23. The fraction of sp³-hybridized carbons (Fsp3) is 0.296. The van der Waals surface area contributed by atoms with E-state index in [2.05, 4.69) is 29.6 Å². The second-order valence-corrected chi connectivity index (χ2v) is 9.53. The predicted molar refractivity (Wildman–Crippen MR) is 131 cm³/mol. The van der Waals surface area contributed by atoms with Gasteiger partial charge in [-0.15, -0.1) is 0 Å². The van der Waals surface area contributed by atoms with Crippen LogP contribution in [0.2, 0.25) is 0 Å². The highest BCUT2D eigenvalue weighted by Gasteiger charge is 2.42. The van der Waals surface area contributed by atoms with E-state index in [4.69, 9.17) is 4.74 Å². The minimum atomic E-state index is -0.372. The zero-order chi connectivity index (χ0) is 23.9. The van der Waals surface area contributed by atoms with Crippen LogP contribution >= 0.6 is 0 Å². The van der Waals surface area contributed by atoms with Gasteiger partial charge in [-0.1, -0.05) is 44.2 Å². The first-order chi connectivity index (χ1) is 16.4. The van der Waals surface area contributed by atoms with Crippen LogP contribution in [0.5, 0.6) is 5.75 Å². The lowest BCUT2D eigenvalue weighted by atomic mass is 9.73. The fourth-order valence-corrected chi connectivity index (χ4v) is 4.82. The lowest BCUT2D eigenvalue weighted by molar-refractivity contribution is -0.118. The van der Waals surface area contributed by atoms with Gasteiger partial charge < -0.3 is 15.4 Å². The molecule has 0 unspecified atom stereocenters. The molecule has 2 N–H and O–H groups in total. The molecule has 0 fully saturated rings. The summed E-state index contributed by atoms with van der Waals surface area (Å²) in [7, 11) is 0. The Morgan fingerprint density at radius 3 is 2.59 bits per heavy atom. The van der Waals surface area contributed by atoms with Gasteiger partial charge in [0.2, 0.25) is 0 Å². The molecule has 2 heterocycles. The molecule has 3 aromatic rings. The number of nitrogens with zero attached hydrogens (tertiary/aromatic N) is 2. The number of ketones is 1. The molecule has 7 nitrogen and oxygen atoms in total. The highest BCUT2D eigenvalue weighted by molar-refractivity contribution is 6.08. The molecule has 1 aliphatic carbocycles. The van der Waals surface area contributed by atoms with E-state index in [-0.39, 0.29) is 23.1 Å². The Kier molecular flexibility index (Phi) is 5.48. The highest BCUT2D eigenvalue weighted by atomic mass is 16.5. The molecule has 0 spiro atoms. The molecular weight excluding hydrogens is 428 g/mol. The highest BCUT2D eigenvalue weighted by Crippen LogP contribution is 2.46. The smallest absolute Gasteiger partial charge is 0.261 e. The summed E-state index contributed by atoms with van der Waals surface area (Å²) in [5.74, 6) is 1.20. The number of allylic oxidation sites excluding steroid dienone is 2. The number of ether oxygens (including phenoxy) is 1. The van der Waals surface area contributed by atoms with Crippen molar-refractivity contribution < 1.29 is 14.3 Å². The Morgan fingerprint density at radius 1 is 1.15 bits per heavy atom. The molecule has 5 rings (SSSR count). The Labute approximate surface area is 198 Å². The van der Waals surface area contributed by atoms with Gasteiger partial charge in [0.05, 0.1) is 12.8 Å². The van der Waals surface area contributed by atoms with Crippen molar-refractivity contribution in [3.05, 3.63) is 83.2 Å². The molecule has 0 saturated heterocycles. The van der Waals surface area contributed by atoms with E-state index in [1.165, 1.54) is 0 Å². The number of rotatable bonds is 5. The van der Waals surface area contributed by atoms with Crippen molar-refractivity contribution in [2.24, 2.45) is 5.41 Å². The van der Waals surface area contributed by atoms with Gasteiger partial charge in [0, 0.05) is 23.4 Å². The van der Waals surface area contributed by atoms with E-state index in [0.717, 1.165) is 29.0 Å². The van der Waals surface area contributed by atoms with E-state index in [0.29, 0.717) is 30.1 Å². The second kappa shape index (κ2) is 8.48. The molecule has 1 amide bonds. The first kappa shape index (κ1) is 21.9. The maximum atomic E-state index is 13.3. The second-order valence-electron chi connectivity index (χ2n) is 9.53. The van der Waals surface area contributed by atoms with Gasteiger partial charge in [0.1, 0.15) is 23.2 Å². The van der Waals surface area contributed by atoms with E-state index in [1.807, 2.05) is 61.5 Å². The summed E-state index contributed by atoms with van der Waals surface area (Å²) in [6, 6.07) is 16.7. The monoisotopic (exact) mass is 456 g/mol. The van der Waals surface area contributed by atoms with Gasteiger partial charge in [-0.3, -0.25) is 9.59 Å². The third-order valence-corrected chi connectivity index (χ3v) is 6.29. The summed E-state index contributed by atoms with van der Waals surface area (Å²) in [5, 5.41) is 10.9. The van der Waals surface area contributed by atoms with Crippen LogP contribution in [0.25, 0.3) is 0 Å². The van der Waals surface area contributed by atoms with Crippen LogP contribution in [-0.2, 0) is 4.79 Å². The Balaban J connectivity index is 1.52. The Morgan fingerprint density at radius 2 is 1.88 bits per heavy atom. The van der Waals surface area contributed by atoms with Crippen molar-refractivity contribution >= 4 is 23.2 Å². The maximum Gasteiger partial charge on any atom is 0.261 e. The van der Waals surface area contributed by atoms with Crippen LogP contribution in [0.1, 0.15) is 55.6 Å². The van der Waals surface area contributed by atoms with Crippen LogP contribution < -0.4 is 15.4 Å². The molecule has 1 aliphatic heterocycles. The first-order valence-corrected chi connectivity index (χ1v) is 11.6. The zero-order valence-corrected chi connectivity index (χ0v) is 19.6. The van der Waals surface area contributed by atoms with Gasteiger partial charge in [0.25, 0.3) is 5.91 Å². The standard InChI is InChI=1S/C27H28N4O3/c1-4-34-19-12-10-18(11-13-19)29-26(33)20-16-28-31-24(17-8-6-5-7-9-17)23-21(30-25(20)31)14-27(2,3)15-22(23)32/h5-13,16,24,30H,4,14-15H2,1-3H3,(H,29,33)/t24-/m0/s1. The SMILES string of the molecule is CCOc1ccc(NC(=O)c2cnn3c2NC2=C(C(=O)CC(C)(C)C2)[C@@H]3c2ccccc2)cc1. The number of carbonyl (C=O) groups excluding carboxylic acids is 2. The van der Waals surface area contributed by atoms with E-state index in [1.54, 1.807) is 10.9 Å². The molecule has 174 valence electrons. The zero-order valence-electron chi connectivity index (χ0n) is 19.6. The van der Waals surface area contributed by atoms with Crippen LogP contribution in [0.4, 0.5) is 11.5 Å². The summed E-state index contributed by atoms with van der Waals surface area (Å²) in [6.45, 7) is 6.70. The molecule has 0 radical (unpaired) electrons. The maximum absolute atomic E-state index is 13.3.